The van der Waals surface area contributed by atoms with Gasteiger partial charge >= 0.3 is 0 Å². The highest BCUT2D eigenvalue weighted by Crippen LogP contribution is 2.28. The molecule has 4 rings (SSSR count). The highest BCUT2D eigenvalue weighted by Gasteiger charge is 2.14. The standard InChI is InChI=1S/C21H18IN5O3/c1-29-17-9-5-3-7-15(17)20-25-24-18-10-11-19(26-27(18)20)30-13-12-23-21(28)14-6-2-4-8-16(14)22/h2-11H,12-13H2,1H3,(H,23,28). The predicted molar refractivity (Wildman–Crippen MR) is 120 cm³/mol. The quantitative estimate of drug-likeness (QED) is 0.301. The fourth-order valence-electron chi connectivity index (χ4n) is 2.91. The summed E-state index contributed by atoms with van der Waals surface area (Å²) in [5.74, 6) is 1.50. The van der Waals surface area contributed by atoms with Gasteiger partial charge in [0.15, 0.2) is 11.5 Å². The van der Waals surface area contributed by atoms with E-state index in [1.165, 1.54) is 0 Å². The SMILES string of the molecule is COc1ccccc1-c1nnc2ccc(OCCNC(=O)c3ccccc3I)nn12. The number of fused-ring (bicyclic) bond motifs is 1. The number of methoxy groups -OCH3 is 1. The Morgan fingerprint density at radius 3 is 2.70 bits per heavy atom. The number of halogens is 1. The topological polar surface area (TPSA) is 90.6 Å². The molecule has 0 aliphatic rings. The van der Waals surface area contributed by atoms with Crippen molar-refractivity contribution in [2.75, 3.05) is 20.3 Å². The highest BCUT2D eigenvalue weighted by molar-refractivity contribution is 14.1. The summed E-state index contributed by atoms with van der Waals surface area (Å²) in [6.07, 6.45) is 0. The highest BCUT2D eigenvalue weighted by atomic mass is 127. The van der Waals surface area contributed by atoms with E-state index in [0.717, 1.165) is 9.13 Å². The Balaban J connectivity index is 1.44. The number of benzene rings is 2. The second-order valence-electron chi connectivity index (χ2n) is 6.25. The molecule has 0 atom stereocenters. The lowest BCUT2D eigenvalue weighted by Gasteiger charge is -2.09. The molecular weight excluding hydrogens is 497 g/mol. The molecule has 0 radical (unpaired) electrons. The van der Waals surface area contributed by atoms with Crippen molar-refractivity contribution >= 4 is 34.1 Å². The van der Waals surface area contributed by atoms with Crippen LogP contribution in [0, 0.1) is 3.57 Å². The molecule has 152 valence electrons. The van der Waals surface area contributed by atoms with Gasteiger partial charge in [0.05, 0.1) is 24.8 Å². The summed E-state index contributed by atoms with van der Waals surface area (Å²) in [7, 11) is 1.61. The Hall–Kier alpha value is -3.21. The van der Waals surface area contributed by atoms with Crippen molar-refractivity contribution in [2.45, 2.75) is 0 Å². The monoisotopic (exact) mass is 515 g/mol. The van der Waals surface area contributed by atoms with E-state index in [1.54, 1.807) is 29.8 Å². The summed E-state index contributed by atoms with van der Waals surface area (Å²) in [4.78, 5) is 12.3. The molecule has 0 spiro atoms. The van der Waals surface area contributed by atoms with Crippen molar-refractivity contribution in [3.05, 3.63) is 69.8 Å². The first-order chi connectivity index (χ1) is 14.7. The molecule has 1 N–H and O–H groups in total. The first-order valence-corrected chi connectivity index (χ1v) is 10.3. The number of carbonyl (C=O) groups is 1. The van der Waals surface area contributed by atoms with Gasteiger partial charge in [-0.25, -0.2) is 0 Å². The van der Waals surface area contributed by atoms with E-state index in [0.29, 0.717) is 35.2 Å². The zero-order valence-corrected chi connectivity index (χ0v) is 18.2. The lowest BCUT2D eigenvalue weighted by atomic mass is 10.2. The summed E-state index contributed by atoms with van der Waals surface area (Å²) >= 11 is 2.14. The van der Waals surface area contributed by atoms with E-state index >= 15 is 0 Å². The van der Waals surface area contributed by atoms with Crippen molar-refractivity contribution in [1.82, 2.24) is 25.1 Å². The van der Waals surface area contributed by atoms with E-state index in [4.69, 9.17) is 9.47 Å². The lowest BCUT2D eigenvalue weighted by Crippen LogP contribution is -2.28. The number of carbonyl (C=O) groups excluding carboxylic acids is 1. The molecule has 0 saturated heterocycles. The van der Waals surface area contributed by atoms with Gasteiger partial charge in [-0.2, -0.15) is 4.52 Å². The molecular formula is C21H18IN5O3. The molecule has 9 heteroatoms. The minimum absolute atomic E-state index is 0.135. The zero-order chi connectivity index (χ0) is 20.9. The van der Waals surface area contributed by atoms with E-state index in [9.17, 15) is 4.79 Å². The summed E-state index contributed by atoms with van der Waals surface area (Å²) in [6.45, 7) is 0.630. The number of nitrogens with zero attached hydrogens (tertiary/aromatic N) is 4. The molecule has 8 nitrogen and oxygen atoms in total. The van der Waals surface area contributed by atoms with Crippen LogP contribution in [0.3, 0.4) is 0 Å². The third kappa shape index (κ3) is 4.20. The Labute approximate surface area is 186 Å². The zero-order valence-electron chi connectivity index (χ0n) is 16.1. The minimum Gasteiger partial charge on any atom is -0.496 e. The van der Waals surface area contributed by atoms with Crippen LogP contribution in [-0.2, 0) is 0 Å². The largest absolute Gasteiger partial charge is 0.496 e. The Morgan fingerprint density at radius 1 is 1.07 bits per heavy atom. The Bertz CT molecular complexity index is 1190. The smallest absolute Gasteiger partial charge is 0.252 e. The van der Waals surface area contributed by atoms with Crippen LogP contribution in [0.15, 0.2) is 60.7 Å². The fraction of sp³-hybridized carbons (Fsp3) is 0.143. The summed E-state index contributed by atoms with van der Waals surface area (Å²) < 4.78 is 13.6. The summed E-state index contributed by atoms with van der Waals surface area (Å²) in [5.41, 5.74) is 2.01. The number of nitrogens with one attached hydrogen (secondary N) is 1. The second kappa shape index (κ2) is 9.08. The van der Waals surface area contributed by atoms with Crippen LogP contribution in [0.5, 0.6) is 11.6 Å². The van der Waals surface area contributed by atoms with Gasteiger partial charge in [0, 0.05) is 9.64 Å². The molecule has 0 aliphatic carbocycles. The van der Waals surface area contributed by atoms with E-state index in [2.05, 4.69) is 43.2 Å². The molecule has 0 aliphatic heterocycles. The van der Waals surface area contributed by atoms with Gasteiger partial charge in [0.2, 0.25) is 5.88 Å². The fourth-order valence-corrected chi connectivity index (χ4v) is 3.54. The van der Waals surface area contributed by atoms with E-state index < -0.39 is 0 Å². The maximum Gasteiger partial charge on any atom is 0.252 e. The number of amides is 1. The van der Waals surface area contributed by atoms with Gasteiger partial charge in [-0.1, -0.05) is 24.3 Å². The van der Waals surface area contributed by atoms with Crippen LogP contribution in [0.4, 0.5) is 0 Å². The van der Waals surface area contributed by atoms with Gasteiger partial charge in [-0.3, -0.25) is 4.79 Å². The van der Waals surface area contributed by atoms with Crippen molar-refractivity contribution in [3.8, 4) is 23.0 Å². The molecule has 2 aromatic heterocycles. The van der Waals surface area contributed by atoms with E-state index in [1.807, 2.05) is 42.5 Å². The molecule has 4 aromatic rings. The van der Waals surface area contributed by atoms with Crippen molar-refractivity contribution in [2.24, 2.45) is 0 Å². The molecule has 2 heterocycles. The van der Waals surface area contributed by atoms with Crippen LogP contribution >= 0.6 is 22.6 Å². The summed E-state index contributed by atoms with van der Waals surface area (Å²) in [5, 5.41) is 15.7. The van der Waals surface area contributed by atoms with Crippen LogP contribution in [0.1, 0.15) is 10.4 Å². The maximum atomic E-state index is 12.3. The van der Waals surface area contributed by atoms with Crippen molar-refractivity contribution in [1.29, 1.82) is 0 Å². The van der Waals surface area contributed by atoms with Crippen LogP contribution < -0.4 is 14.8 Å². The van der Waals surface area contributed by atoms with Crippen LogP contribution in [0.25, 0.3) is 17.0 Å². The number of ether oxygens (including phenoxy) is 2. The molecule has 0 bridgehead atoms. The third-order valence-electron chi connectivity index (χ3n) is 4.34. The summed E-state index contributed by atoms with van der Waals surface area (Å²) in [6, 6.07) is 18.4. The minimum atomic E-state index is -0.135. The molecule has 0 fully saturated rings. The van der Waals surface area contributed by atoms with Gasteiger partial charge in [0.25, 0.3) is 5.91 Å². The third-order valence-corrected chi connectivity index (χ3v) is 5.28. The molecule has 2 aromatic carbocycles. The molecule has 0 unspecified atom stereocenters. The number of rotatable bonds is 7. The van der Waals surface area contributed by atoms with Gasteiger partial charge < -0.3 is 14.8 Å². The number of para-hydroxylation sites is 1. The van der Waals surface area contributed by atoms with Gasteiger partial charge in [-0.05, 0) is 52.9 Å². The number of aromatic nitrogens is 4. The lowest BCUT2D eigenvalue weighted by molar-refractivity contribution is 0.0945. The van der Waals surface area contributed by atoms with Gasteiger partial charge in [-0.15, -0.1) is 15.3 Å². The van der Waals surface area contributed by atoms with Crippen molar-refractivity contribution < 1.29 is 14.3 Å². The number of hydrogen-bond donors (Lipinski definition) is 1. The van der Waals surface area contributed by atoms with Gasteiger partial charge in [0.1, 0.15) is 12.4 Å². The molecule has 30 heavy (non-hydrogen) atoms. The molecule has 0 saturated carbocycles. The number of hydrogen-bond acceptors (Lipinski definition) is 6. The average Bonchev–Trinajstić information content (AvgIpc) is 3.20. The molecule has 1 amide bonds. The normalized spacial score (nSPS) is 10.7. The second-order valence-corrected chi connectivity index (χ2v) is 7.41. The van der Waals surface area contributed by atoms with Crippen molar-refractivity contribution in [3.63, 3.8) is 0 Å². The maximum absolute atomic E-state index is 12.3. The van der Waals surface area contributed by atoms with Crippen LogP contribution in [-0.4, -0.2) is 46.0 Å². The Morgan fingerprint density at radius 2 is 1.87 bits per heavy atom. The first-order valence-electron chi connectivity index (χ1n) is 9.19. The van der Waals surface area contributed by atoms with E-state index in [-0.39, 0.29) is 12.5 Å². The first kappa shape index (κ1) is 20.1. The Kier molecular flexibility index (Phi) is 6.07. The van der Waals surface area contributed by atoms with Crippen LogP contribution in [0.2, 0.25) is 0 Å². The predicted octanol–water partition coefficient (Wildman–Crippen LogP) is 3.21. The average molecular weight is 515 g/mol.